The Morgan fingerprint density at radius 2 is 0.920 bits per heavy atom. The number of benzene rings is 2. The van der Waals surface area contributed by atoms with Crippen molar-refractivity contribution in [1.82, 2.24) is 0 Å². The summed E-state index contributed by atoms with van der Waals surface area (Å²) < 4.78 is 0.0407. The van der Waals surface area contributed by atoms with Crippen LogP contribution in [0.5, 0.6) is 0 Å². The van der Waals surface area contributed by atoms with Crippen LogP contribution in [0.25, 0.3) is 0 Å². The molecule has 2 rings (SSSR count). The summed E-state index contributed by atoms with van der Waals surface area (Å²) in [6.45, 7) is 0. The first-order chi connectivity index (χ1) is 11.6. The fourth-order valence-corrected chi connectivity index (χ4v) is 6.81. The van der Waals surface area contributed by atoms with E-state index in [1.54, 1.807) is 0 Å². The van der Waals surface area contributed by atoms with E-state index >= 15 is 0 Å². The van der Waals surface area contributed by atoms with E-state index in [4.69, 9.17) is 0 Å². The van der Waals surface area contributed by atoms with E-state index in [1.165, 1.54) is 0 Å². The number of hydrogen-bond acceptors (Lipinski definition) is 4. The molecule has 0 atom stereocenters. The van der Waals surface area contributed by atoms with Crippen LogP contribution in [0.3, 0.4) is 0 Å². The van der Waals surface area contributed by atoms with Crippen molar-refractivity contribution in [1.29, 1.82) is 0 Å². The number of nitrogens with zero attached hydrogens (tertiary/aromatic N) is 2. The van der Waals surface area contributed by atoms with E-state index in [2.05, 4.69) is 0 Å². The van der Waals surface area contributed by atoms with Gasteiger partial charge in [-0.25, -0.2) is 0 Å². The van der Waals surface area contributed by atoms with Gasteiger partial charge in [-0.2, -0.15) is 0 Å². The van der Waals surface area contributed by atoms with E-state index in [0.717, 1.165) is 11.4 Å². The van der Waals surface area contributed by atoms with Crippen molar-refractivity contribution < 1.29 is 9.59 Å². The molecule has 132 valence electrons. The minimum absolute atomic E-state index is 0.0204. The molecule has 2 aromatic carbocycles. The molecule has 0 unspecified atom stereocenters. The van der Waals surface area contributed by atoms with E-state index in [0.29, 0.717) is 11.1 Å². The topological polar surface area (TPSA) is 40.6 Å². The van der Waals surface area contributed by atoms with Gasteiger partial charge in [0.2, 0.25) is 0 Å². The standard InChI is InChI=1S/C20H26GeN2O2/c1-21(2,19(24)15-7-11-17(12-8-15)22(3)4)20(25)16-9-13-18(14-10-16)23(5)6/h7-14H,1-6H3. The summed E-state index contributed by atoms with van der Waals surface area (Å²) in [5.74, 6) is 3.76. The van der Waals surface area contributed by atoms with Gasteiger partial charge >= 0.3 is 153 Å². The van der Waals surface area contributed by atoms with Crippen LogP contribution in [0.15, 0.2) is 48.5 Å². The zero-order chi connectivity index (χ0) is 18.8. The second kappa shape index (κ2) is 7.44. The maximum absolute atomic E-state index is 13.0. The zero-order valence-corrected chi connectivity index (χ0v) is 17.9. The quantitative estimate of drug-likeness (QED) is 0.696. The van der Waals surface area contributed by atoms with Gasteiger partial charge in [0.1, 0.15) is 0 Å². The molecule has 0 saturated heterocycles. The normalized spacial score (nSPS) is 11.1. The van der Waals surface area contributed by atoms with Gasteiger partial charge in [0.25, 0.3) is 0 Å². The number of hydrogen-bond donors (Lipinski definition) is 0. The Kier molecular flexibility index (Phi) is 5.73. The molecule has 0 N–H and O–H groups in total. The van der Waals surface area contributed by atoms with Gasteiger partial charge < -0.3 is 0 Å². The molecule has 0 fully saturated rings. The Labute approximate surface area is 152 Å². The van der Waals surface area contributed by atoms with Crippen LogP contribution in [0.2, 0.25) is 11.5 Å². The monoisotopic (exact) mass is 400 g/mol. The van der Waals surface area contributed by atoms with Crippen LogP contribution < -0.4 is 9.80 Å². The number of carbonyl (C=O) groups excluding carboxylic acids is 2. The van der Waals surface area contributed by atoms with Crippen LogP contribution in [0, 0.1) is 0 Å². The predicted molar refractivity (Wildman–Crippen MR) is 108 cm³/mol. The Hall–Kier alpha value is -2.08. The fourth-order valence-electron chi connectivity index (χ4n) is 2.65. The Morgan fingerprint density at radius 3 is 1.16 bits per heavy atom. The summed E-state index contributed by atoms with van der Waals surface area (Å²) >= 11 is -3.37. The third-order valence-corrected chi connectivity index (χ3v) is 10.4. The Morgan fingerprint density at radius 1 is 0.640 bits per heavy atom. The molecule has 0 radical (unpaired) electrons. The molecular formula is C20H26GeN2O2. The summed E-state index contributed by atoms with van der Waals surface area (Å²) in [5.41, 5.74) is 3.34. The SMILES string of the molecule is CN(C)c1ccc([C](=O)[Ge]([CH3])([CH3])[C](=O)c2ccc(N(C)C)cc2)cc1. The second-order valence-corrected chi connectivity index (χ2v) is 15.9. The van der Waals surface area contributed by atoms with Crippen LogP contribution in [0.1, 0.15) is 20.7 Å². The van der Waals surface area contributed by atoms with Crippen LogP contribution in [-0.2, 0) is 0 Å². The van der Waals surface area contributed by atoms with Crippen molar-refractivity contribution in [3.05, 3.63) is 59.7 Å². The summed E-state index contributed by atoms with van der Waals surface area (Å²) in [4.78, 5) is 29.9. The number of carbonyl (C=O) groups is 2. The zero-order valence-electron chi connectivity index (χ0n) is 15.8. The summed E-state index contributed by atoms with van der Waals surface area (Å²) in [6.07, 6.45) is 0. The van der Waals surface area contributed by atoms with Crippen molar-refractivity contribution in [3.8, 4) is 0 Å². The van der Waals surface area contributed by atoms with Gasteiger partial charge in [-0.1, -0.05) is 0 Å². The third-order valence-electron chi connectivity index (χ3n) is 4.43. The third kappa shape index (κ3) is 4.13. The van der Waals surface area contributed by atoms with Crippen LogP contribution in [0.4, 0.5) is 11.4 Å². The summed E-state index contributed by atoms with van der Waals surface area (Å²) in [7, 11) is 7.83. The van der Waals surface area contributed by atoms with Gasteiger partial charge in [0.15, 0.2) is 0 Å². The fraction of sp³-hybridized carbons (Fsp3) is 0.300. The molecule has 0 aliphatic heterocycles. The van der Waals surface area contributed by atoms with Gasteiger partial charge in [0, 0.05) is 0 Å². The molecule has 0 amide bonds. The summed E-state index contributed by atoms with van der Waals surface area (Å²) in [6, 6.07) is 15.0. The molecule has 2 aromatic rings. The first kappa shape index (κ1) is 19.3. The minimum atomic E-state index is -3.37. The molecule has 0 aliphatic carbocycles. The molecule has 0 spiro atoms. The average molecular weight is 399 g/mol. The predicted octanol–water partition coefficient (Wildman–Crippen LogP) is 3.67. The van der Waals surface area contributed by atoms with Crippen molar-refractivity contribution >= 4 is 33.9 Å². The molecule has 0 bridgehead atoms. The molecule has 0 aromatic heterocycles. The van der Waals surface area contributed by atoms with E-state index < -0.39 is 13.3 Å². The molecule has 4 nitrogen and oxygen atoms in total. The molecule has 0 aliphatic rings. The van der Waals surface area contributed by atoms with Crippen molar-refractivity contribution in [3.63, 3.8) is 0 Å². The molecule has 25 heavy (non-hydrogen) atoms. The van der Waals surface area contributed by atoms with Crippen LogP contribution >= 0.6 is 0 Å². The van der Waals surface area contributed by atoms with Gasteiger partial charge in [-0.3, -0.25) is 0 Å². The maximum atomic E-state index is 13.0. The van der Waals surface area contributed by atoms with Crippen molar-refractivity contribution in [2.24, 2.45) is 0 Å². The molecule has 0 heterocycles. The van der Waals surface area contributed by atoms with Gasteiger partial charge in [-0.15, -0.1) is 0 Å². The van der Waals surface area contributed by atoms with Gasteiger partial charge in [-0.05, 0) is 0 Å². The first-order valence-electron chi connectivity index (χ1n) is 8.29. The Bertz CT molecular complexity index is 698. The van der Waals surface area contributed by atoms with Crippen molar-refractivity contribution in [2.75, 3.05) is 38.0 Å². The van der Waals surface area contributed by atoms with Gasteiger partial charge in [0.05, 0.1) is 0 Å². The molecular weight excluding hydrogens is 373 g/mol. The van der Waals surface area contributed by atoms with E-state index in [-0.39, 0.29) is 9.23 Å². The molecule has 5 heteroatoms. The summed E-state index contributed by atoms with van der Waals surface area (Å²) in [5, 5.41) is 0. The molecule has 0 saturated carbocycles. The first-order valence-corrected chi connectivity index (χ1v) is 14.6. The van der Waals surface area contributed by atoms with Crippen molar-refractivity contribution in [2.45, 2.75) is 11.5 Å². The van der Waals surface area contributed by atoms with Crippen LogP contribution in [-0.4, -0.2) is 50.7 Å². The number of rotatable bonds is 6. The average Bonchev–Trinajstić information content (AvgIpc) is 2.60. The van der Waals surface area contributed by atoms with E-state index in [1.807, 2.05) is 98.0 Å². The second-order valence-electron chi connectivity index (χ2n) is 7.17. The van der Waals surface area contributed by atoms with E-state index in [9.17, 15) is 9.59 Å². The Balaban J connectivity index is 2.26. The number of anilines is 2.